The number of benzene rings is 1. The summed E-state index contributed by atoms with van der Waals surface area (Å²) in [6, 6.07) is 5.45. The molecule has 1 aromatic carbocycles. The number of nitro benzene ring substituents is 1. The predicted octanol–water partition coefficient (Wildman–Crippen LogP) is 2.80. The number of nitrogens with zero attached hydrogens (tertiary/aromatic N) is 4. The third kappa shape index (κ3) is 5.60. The molecule has 1 N–H and O–H groups in total. The maximum atomic E-state index is 12.9. The van der Waals surface area contributed by atoms with Crippen molar-refractivity contribution in [2.75, 3.05) is 33.8 Å². The lowest BCUT2D eigenvalue weighted by molar-refractivity contribution is -0.384. The molecule has 0 saturated carbocycles. The molecule has 1 unspecified atom stereocenters. The molecule has 10 nitrogen and oxygen atoms in total. The number of hydrogen-bond acceptors (Lipinski definition) is 9. The molecule has 3 rings (SSSR count). The summed E-state index contributed by atoms with van der Waals surface area (Å²) in [7, 11) is 3.85. The first-order valence-electron chi connectivity index (χ1n) is 10.5. The van der Waals surface area contributed by atoms with Gasteiger partial charge in [-0.2, -0.15) is 0 Å². The zero-order valence-electron chi connectivity index (χ0n) is 19.0. The smallest absolute Gasteiger partial charge is 0.338 e. The van der Waals surface area contributed by atoms with E-state index in [1.54, 1.807) is 30.9 Å². The first-order valence-corrected chi connectivity index (χ1v) is 11.4. The number of non-ortho nitro benzene ring substituents is 1. The summed E-state index contributed by atoms with van der Waals surface area (Å²) < 4.78 is 5.28. The van der Waals surface area contributed by atoms with Gasteiger partial charge in [0.05, 0.1) is 35.3 Å². The van der Waals surface area contributed by atoms with E-state index in [1.165, 1.54) is 23.9 Å². The number of aliphatic imine (C=N–C) groups is 1. The Kier molecular flexibility index (Phi) is 7.88. The highest BCUT2D eigenvalue weighted by molar-refractivity contribution is 8.16. The van der Waals surface area contributed by atoms with Crippen molar-refractivity contribution in [3.05, 3.63) is 62.3 Å². The fourth-order valence-electron chi connectivity index (χ4n) is 3.61. The highest BCUT2D eigenvalue weighted by atomic mass is 32.2. The van der Waals surface area contributed by atoms with Crippen molar-refractivity contribution < 1.29 is 19.2 Å². The minimum absolute atomic E-state index is 0.0834. The van der Waals surface area contributed by atoms with Crippen LogP contribution in [0.25, 0.3) is 0 Å². The van der Waals surface area contributed by atoms with Crippen molar-refractivity contribution in [3.8, 4) is 0 Å². The summed E-state index contributed by atoms with van der Waals surface area (Å²) in [6.07, 6.45) is 0.0834. The van der Waals surface area contributed by atoms with Gasteiger partial charge in [0.1, 0.15) is 0 Å². The molecule has 33 heavy (non-hydrogen) atoms. The van der Waals surface area contributed by atoms with E-state index < -0.39 is 16.9 Å². The van der Waals surface area contributed by atoms with E-state index in [9.17, 15) is 19.7 Å². The highest BCUT2D eigenvalue weighted by Crippen LogP contribution is 2.45. The van der Waals surface area contributed by atoms with Crippen LogP contribution in [0.1, 0.15) is 31.9 Å². The third-order valence-electron chi connectivity index (χ3n) is 5.12. The number of carbonyl (C=O) groups is 2. The Balaban J connectivity index is 1.97. The van der Waals surface area contributed by atoms with Crippen LogP contribution in [-0.2, 0) is 14.3 Å². The van der Waals surface area contributed by atoms with Crippen molar-refractivity contribution in [2.24, 2.45) is 4.99 Å². The van der Waals surface area contributed by atoms with Gasteiger partial charge in [-0.25, -0.2) is 9.79 Å². The summed E-state index contributed by atoms with van der Waals surface area (Å²) in [6.45, 7) is 4.83. The lowest BCUT2D eigenvalue weighted by Crippen LogP contribution is -2.38. The number of nitro groups is 1. The lowest BCUT2D eigenvalue weighted by atomic mass is 9.93. The largest absolute Gasteiger partial charge is 0.463 e. The molecule has 1 amide bonds. The number of carbonyl (C=O) groups excluding carboxylic acids is 2. The molecular formula is C22H27N5O5S. The average Bonchev–Trinajstić information content (AvgIpc) is 3.14. The van der Waals surface area contributed by atoms with Gasteiger partial charge in [-0.05, 0) is 38.9 Å². The number of amides is 1. The van der Waals surface area contributed by atoms with E-state index in [0.717, 1.165) is 0 Å². The summed E-state index contributed by atoms with van der Waals surface area (Å²) >= 11 is 1.35. The number of esters is 1. The summed E-state index contributed by atoms with van der Waals surface area (Å²) in [5, 5.41) is 16.7. The molecule has 0 spiro atoms. The molecule has 2 aliphatic heterocycles. The van der Waals surface area contributed by atoms with E-state index in [1.807, 2.05) is 24.4 Å². The van der Waals surface area contributed by atoms with Crippen molar-refractivity contribution in [3.63, 3.8) is 0 Å². The van der Waals surface area contributed by atoms with E-state index in [4.69, 9.17) is 4.74 Å². The standard InChI is InChI=1S/C22H27N5O5S/c1-5-32-21(29)19-14(2)24-22-26(20(19)15-7-6-8-16(11-15)27(30)31)17(13-33-22)12-18(28)23-9-10-25(3)4/h6-8,11,13,20H,5,9-10,12H2,1-4H3,(H,23,28). The molecule has 0 saturated heterocycles. The molecule has 0 fully saturated rings. The molecule has 0 aliphatic carbocycles. The van der Waals surface area contributed by atoms with Gasteiger partial charge in [0.2, 0.25) is 5.91 Å². The zero-order valence-corrected chi connectivity index (χ0v) is 19.8. The van der Waals surface area contributed by atoms with E-state index in [2.05, 4.69) is 10.3 Å². The number of amidine groups is 1. The van der Waals surface area contributed by atoms with Crippen LogP contribution in [0.5, 0.6) is 0 Å². The molecule has 176 valence electrons. The van der Waals surface area contributed by atoms with E-state index in [-0.39, 0.29) is 24.6 Å². The average molecular weight is 474 g/mol. The molecule has 11 heteroatoms. The van der Waals surface area contributed by atoms with Gasteiger partial charge >= 0.3 is 5.97 Å². The number of fused-ring (bicyclic) bond motifs is 1. The normalized spacial score (nSPS) is 17.5. The number of nitrogens with one attached hydrogen (secondary N) is 1. The molecule has 1 aromatic rings. The number of allylic oxidation sites excluding steroid dienone is 1. The van der Waals surface area contributed by atoms with Gasteiger partial charge in [-0.1, -0.05) is 23.9 Å². The Morgan fingerprint density at radius 2 is 2.12 bits per heavy atom. The molecule has 0 radical (unpaired) electrons. The van der Waals surface area contributed by atoms with Gasteiger partial charge < -0.3 is 19.9 Å². The molecule has 2 heterocycles. The van der Waals surface area contributed by atoms with E-state index in [0.29, 0.717) is 40.8 Å². The minimum atomic E-state index is -0.702. The van der Waals surface area contributed by atoms with Crippen LogP contribution in [0, 0.1) is 10.1 Å². The summed E-state index contributed by atoms with van der Waals surface area (Å²) in [5.41, 5.74) is 1.89. The van der Waals surface area contributed by atoms with Crippen LogP contribution in [0.3, 0.4) is 0 Å². The van der Waals surface area contributed by atoms with Gasteiger partial charge in [0, 0.05) is 30.9 Å². The van der Waals surface area contributed by atoms with Crippen molar-refractivity contribution in [1.82, 2.24) is 15.1 Å². The van der Waals surface area contributed by atoms with Crippen molar-refractivity contribution in [2.45, 2.75) is 26.3 Å². The van der Waals surface area contributed by atoms with Crippen LogP contribution in [-0.4, -0.2) is 65.6 Å². The first kappa shape index (κ1) is 24.5. The third-order valence-corrected chi connectivity index (χ3v) is 6.00. The Morgan fingerprint density at radius 3 is 2.79 bits per heavy atom. The van der Waals surface area contributed by atoms with Crippen LogP contribution >= 0.6 is 11.8 Å². The fraction of sp³-hybridized carbons (Fsp3) is 0.409. The Morgan fingerprint density at radius 1 is 1.36 bits per heavy atom. The molecule has 1 atom stereocenters. The quantitative estimate of drug-likeness (QED) is 0.331. The molecule has 0 aromatic heterocycles. The Labute approximate surface area is 196 Å². The van der Waals surface area contributed by atoms with Crippen LogP contribution < -0.4 is 5.32 Å². The number of ether oxygens (including phenoxy) is 1. The van der Waals surface area contributed by atoms with Gasteiger partial charge in [0.25, 0.3) is 5.69 Å². The number of likely N-dealkylation sites (N-methyl/N-ethyl adjacent to an activating group) is 1. The van der Waals surface area contributed by atoms with Gasteiger partial charge in [-0.3, -0.25) is 14.9 Å². The van der Waals surface area contributed by atoms with Crippen LogP contribution in [0.2, 0.25) is 0 Å². The van der Waals surface area contributed by atoms with Crippen molar-refractivity contribution >= 4 is 34.5 Å². The summed E-state index contributed by atoms with van der Waals surface area (Å²) in [5.74, 6) is -0.701. The van der Waals surface area contributed by atoms with Gasteiger partial charge in [0.15, 0.2) is 5.17 Å². The minimum Gasteiger partial charge on any atom is -0.463 e. The maximum absolute atomic E-state index is 12.9. The zero-order chi connectivity index (χ0) is 24.1. The Hall–Kier alpha value is -3.18. The monoisotopic (exact) mass is 473 g/mol. The number of thioether (sulfide) groups is 1. The summed E-state index contributed by atoms with van der Waals surface area (Å²) in [4.78, 5) is 44.8. The van der Waals surface area contributed by atoms with Crippen LogP contribution in [0.15, 0.2) is 51.6 Å². The second-order valence-electron chi connectivity index (χ2n) is 7.80. The fourth-order valence-corrected chi connectivity index (χ4v) is 4.57. The maximum Gasteiger partial charge on any atom is 0.338 e. The lowest BCUT2D eigenvalue weighted by Gasteiger charge is -2.36. The number of hydrogen-bond donors (Lipinski definition) is 1. The first-order chi connectivity index (χ1) is 15.7. The van der Waals surface area contributed by atoms with Crippen LogP contribution in [0.4, 0.5) is 5.69 Å². The highest BCUT2D eigenvalue weighted by Gasteiger charge is 2.41. The number of rotatable bonds is 9. The predicted molar refractivity (Wildman–Crippen MR) is 126 cm³/mol. The topological polar surface area (TPSA) is 117 Å². The Bertz CT molecular complexity index is 1050. The van der Waals surface area contributed by atoms with Gasteiger partial charge in [-0.15, -0.1) is 0 Å². The SMILES string of the molecule is CCOC(=O)C1=C(C)N=C2SC=C(CC(=O)NCCN(C)C)N2C1c1cccc([N+](=O)[O-])c1. The van der Waals surface area contributed by atoms with Crippen molar-refractivity contribution in [1.29, 1.82) is 0 Å². The second kappa shape index (κ2) is 10.6. The molecular weight excluding hydrogens is 446 g/mol. The molecule has 0 bridgehead atoms. The molecule has 2 aliphatic rings. The second-order valence-corrected chi connectivity index (χ2v) is 8.63. The van der Waals surface area contributed by atoms with E-state index >= 15 is 0 Å².